The van der Waals surface area contributed by atoms with E-state index in [4.69, 9.17) is 4.74 Å². The van der Waals surface area contributed by atoms with Crippen molar-refractivity contribution in [3.8, 4) is 16.2 Å². The Kier molecular flexibility index (Phi) is 5.29. The first-order chi connectivity index (χ1) is 11.7. The monoisotopic (exact) mass is 338 g/mol. The Morgan fingerprint density at radius 1 is 1.00 bits per heavy atom. The maximum absolute atomic E-state index is 11.5. The van der Waals surface area contributed by atoms with Crippen LogP contribution in [-0.4, -0.2) is 17.2 Å². The highest BCUT2D eigenvalue weighted by Crippen LogP contribution is 2.27. The van der Waals surface area contributed by atoms with E-state index >= 15 is 0 Å². The Morgan fingerprint density at radius 2 is 1.75 bits per heavy atom. The summed E-state index contributed by atoms with van der Waals surface area (Å²) in [4.78, 5) is 12.6. The molecule has 0 unspecified atom stereocenters. The van der Waals surface area contributed by atoms with Gasteiger partial charge in [0.25, 0.3) is 0 Å². The molecule has 3 aromatic rings. The summed E-state index contributed by atoms with van der Waals surface area (Å²) in [5.41, 5.74) is 2.22. The highest BCUT2D eigenvalue weighted by atomic mass is 32.1. The fourth-order valence-corrected chi connectivity index (χ4v) is 3.21. The highest BCUT2D eigenvalue weighted by molar-refractivity contribution is 7.13. The molecule has 0 saturated heterocycles. The van der Waals surface area contributed by atoms with Gasteiger partial charge in [0.15, 0.2) is 6.10 Å². The number of hydrogen-bond donors (Lipinski definition) is 1. The highest BCUT2D eigenvalue weighted by Gasteiger charge is 2.19. The van der Waals surface area contributed by atoms with Crippen molar-refractivity contribution in [3.63, 3.8) is 0 Å². The van der Waals surface area contributed by atoms with Crippen LogP contribution in [0.1, 0.15) is 12.0 Å². The molecule has 1 N–H and O–H groups in total. The molecule has 3 rings (SSSR count). The second-order valence-electron chi connectivity index (χ2n) is 5.47. The Labute approximate surface area is 145 Å². The van der Waals surface area contributed by atoms with Gasteiger partial charge < -0.3 is 9.84 Å². The molecule has 0 aliphatic heterocycles. The lowest BCUT2D eigenvalue weighted by atomic mass is 10.1. The molecule has 0 bridgehead atoms. The average molecular weight is 338 g/mol. The number of hydrogen-bond acceptors (Lipinski definition) is 3. The van der Waals surface area contributed by atoms with E-state index in [1.807, 2.05) is 66.0 Å². The quantitative estimate of drug-likeness (QED) is 0.668. The number of aryl methyl sites for hydroxylation is 1. The first kappa shape index (κ1) is 16.3. The predicted octanol–water partition coefficient (Wildman–Crippen LogP) is 4.88. The van der Waals surface area contributed by atoms with Crippen molar-refractivity contribution in [2.24, 2.45) is 0 Å². The minimum Gasteiger partial charge on any atom is -0.479 e. The summed E-state index contributed by atoms with van der Waals surface area (Å²) in [6.07, 6.45) is 0.259. The number of ether oxygens (including phenoxy) is 1. The van der Waals surface area contributed by atoms with Crippen molar-refractivity contribution in [2.75, 3.05) is 0 Å². The molecule has 1 heterocycles. The smallest absolute Gasteiger partial charge is 0.344 e. The van der Waals surface area contributed by atoms with E-state index in [1.165, 1.54) is 4.88 Å². The molecule has 3 nitrogen and oxygen atoms in total. The third kappa shape index (κ3) is 4.24. The largest absolute Gasteiger partial charge is 0.479 e. The molecule has 1 aromatic heterocycles. The van der Waals surface area contributed by atoms with Crippen molar-refractivity contribution in [3.05, 3.63) is 77.7 Å². The summed E-state index contributed by atoms with van der Waals surface area (Å²) >= 11 is 1.67. The standard InChI is InChI=1S/C20H18O3S/c21-20(22)18(13-8-15-5-2-1-3-6-15)23-17-11-9-16(10-12-17)19-7-4-14-24-19/h1-7,9-12,14,18H,8,13H2,(H,21,22)/t18-/m0/s1. The molecule has 122 valence electrons. The predicted molar refractivity (Wildman–Crippen MR) is 96.6 cm³/mol. The van der Waals surface area contributed by atoms with Gasteiger partial charge >= 0.3 is 5.97 Å². The maximum Gasteiger partial charge on any atom is 0.344 e. The molecule has 0 aliphatic carbocycles. The van der Waals surface area contributed by atoms with Gasteiger partial charge in [-0.25, -0.2) is 4.79 Å². The van der Waals surface area contributed by atoms with Crippen LogP contribution in [0.15, 0.2) is 72.1 Å². The van der Waals surface area contributed by atoms with Crippen molar-refractivity contribution < 1.29 is 14.6 Å². The zero-order chi connectivity index (χ0) is 16.8. The Bertz CT molecular complexity index is 764. The molecular weight excluding hydrogens is 320 g/mol. The van der Waals surface area contributed by atoms with E-state index in [1.54, 1.807) is 11.3 Å². The van der Waals surface area contributed by atoms with Gasteiger partial charge in [-0.3, -0.25) is 0 Å². The van der Waals surface area contributed by atoms with Gasteiger partial charge in [-0.2, -0.15) is 0 Å². The van der Waals surface area contributed by atoms with Crippen molar-refractivity contribution in [1.29, 1.82) is 0 Å². The number of carbonyl (C=O) groups is 1. The number of aliphatic carboxylic acids is 1. The van der Waals surface area contributed by atoms with Crippen LogP contribution in [-0.2, 0) is 11.2 Å². The summed E-state index contributed by atoms with van der Waals surface area (Å²) in [7, 11) is 0. The topological polar surface area (TPSA) is 46.5 Å². The molecule has 2 aromatic carbocycles. The van der Waals surface area contributed by atoms with Gasteiger partial charge in [0.1, 0.15) is 5.75 Å². The maximum atomic E-state index is 11.5. The lowest BCUT2D eigenvalue weighted by Gasteiger charge is -2.15. The number of benzene rings is 2. The van der Waals surface area contributed by atoms with Gasteiger partial charge in [-0.05, 0) is 59.7 Å². The van der Waals surface area contributed by atoms with Crippen LogP contribution in [0.3, 0.4) is 0 Å². The first-order valence-corrected chi connectivity index (χ1v) is 8.67. The molecule has 0 aliphatic rings. The van der Waals surface area contributed by atoms with E-state index < -0.39 is 12.1 Å². The number of carboxylic acids is 1. The molecule has 4 heteroatoms. The van der Waals surface area contributed by atoms with Crippen LogP contribution in [0.2, 0.25) is 0 Å². The molecule has 0 fully saturated rings. The number of thiophene rings is 1. The van der Waals surface area contributed by atoms with Crippen molar-refractivity contribution >= 4 is 17.3 Å². The SMILES string of the molecule is O=C(O)[C@H](CCc1ccccc1)Oc1ccc(-c2cccs2)cc1. The summed E-state index contributed by atoms with van der Waals surface area (Å²) in [6, 6.07) is 21.5. The third-order valence-electron chi connectivity index (χ3n) is 3.75. The van der Waals surface area contributed by atoms with Gasteiger partial charge in [0, 0.05) is 4.88 Å². The molecule has 0 saturated carbocycles. The molecule has 24 heavy (non-hydrogen) atoms. The van der Waals surface area contributed by atoms with E-state index in [9.17, 15) is 9.90 Å². The second-order valence-corrected chi connectivity index (χ2v) is 6.42. The minimum atomic E-state index is -0.937. The Morgan fingerprint density at radius 3 is 2.38 bits per heavy atom. The molecule has 0 amide bonds. The van der Waals surface area contributed by atoms with E-state index in [0.29, 0.717) is 18.6 Å². The summed E-state index contributed by atoms with van der Waals surface area (Å²) < 4.78 is 5.67. The van der Waals surface area contributed by atoms with Crippen LogP contribution < -0.4 is 4.74 Å². The molecule has 0 radical (unpaired) electrons. The Hall–Kier alpha value is -2.59. The minimum absolute atomic E-state index is 0.437. The van der Waals surface area contributed by atoms with Gasteiger partial charge in [0.2, 0.25) is 0 Å². The summed E-state index contributed by atoms with van der Waals surface area (Å²) in [6.45, 7) is 0. The number of carboxylic acid groups (broad SMARTS) is 1. The zero-order valence-corrected chi connectivity index (χ0v) is 13.9. The first-order valence-electron chi connectivity index (χ1n) is 7.80. The van der Waals surface area contributed by atoms with Crippen LogP contribution in [0.25, 0.3) is 10.4 Å². The number of rotatable bonds is 7. The molecule has 1 atom stereocenters. The van der Waals surface area contributed by atoms with Crippen LogP contribution in [0, 0.1) is 0 Å². The van der Waals surface area contributed by atoms with Gasteiger partial charge in [-0.15, -0.1) is 11.3 Å². The second kappa shape index (κ2) is 7.79. The lowest BCUT2D eigenvalue weighted by molar-refractivity contribution is -0.145. The van der Waals surface area contributed by atoms with E-state index in [-0.39, 0.29) is 0 Å². The fraction of sp³-hybridized carbons (Fsp3) is 0.150. The van der Waals surface area contributed by atoms with Crippen molar-refractivity contribution in [2.45, 2.75) is 18.9 Å². The fourth-order valence-electron chi connectivity index (χ4n) is 2.48. The third-order valence-corrected chi connectivity index (χ3v) is 4.67. The van der Waals surface area contributed by atoms with E-state index in [0.717, 1.165) is 11.1 Å². The van der Waals surface area contributed by atoms with Crippen LogP contribution in [0.4, 0.5) is 0 Å². The van der Waals surface area contributed by atoms with E-state index in [2.05, 4.69) is 6.07 Å². The normalized spacial score (nSPS) is 11.8. The van der Waals surface area contributed by atoms with Gasteiger partial charge in [0.05, 0.1) is 0 Å². The lowest BCUT2D eigenvalue weighted by Crippen LogP contribution is -2.27. The molecular formula is C20H18O3S. The molecule has 0 spiro atoms. The van der Waals surface area contributed by atoms with Crippen LogP contribution >= 0.6 is 11.3 Å². The average Bonchev–Trinajstić information content (AvgIpc) is 3.14. The van der Waals surface area contributed by atoms with Crippen molar-refractivity contribution in [1.82, 2.24) is 0 Å². The Balaban J connectivity index is 1.64. The summed E-state index contributed by atoms with van der Waals surface area (Å²) in [5, 5.41) is 11.4. The van der Waals surface area contributed by atoms with Crippen LogP contribution in [0.5, 0.6) is 5.75 Å². The summed E-state index contributed by atoms with van der Waals surface area (Å²) in [5.74, 6) is -0.357. The van der Waals surface area contributed by atoms with Gasteiger partial charge in [-0.1, -0.05) is 36.4 Å². The zero-order valence-electron chi connectivity index (χ0n) is 13.1.